The molecule has 0 radical (unpaired) electrons. The van der Waals surface area contributed by atoms with E-state index in [-0.39, 0.29) is 5.91 Å². The van der Waals surface area contributed by atoms with Gasteiger partial charge in [-0.2, -0.15) is 5.10 Å². The number of piperazine rings is 1. The molecule has 26 heavy (non-hydrogen) atoms. The van der Waals surface area contributed by atoms with Gasteiger partial charge in [0.25, 0.3) is 0 Å². The van der Waals surface area contributed by atoms with Gasteiger partial charge in [-0.25, -0.2) is 0 Å². The average Bonchev–Trinajstić information content (AvgIpc) is 3.54. The van der Waals surface area contributed by atoms with Gasteiger partial charge in [-0.15, -0.1) is 5.10 Å². The highest BCUT2D eigenvalue weighted by Gasteiger charge is 2.26. The summed E-state index contributed by atoms with van der Waals surface area (Å²) in [5.41, 5.74) is 2.13. The van der Waals surface area contributed by atoms with E-state index in [2.05, 4.69) is 27.2 Å². The lowest BCUT2D eigenvalue weighted by Gasteiger charge is -2.35. The molecule has 0 bridgehead atoms. The van der Waals surface area contributed by atoms with Gasteiger partial charge in [-0.05, 0) is 42.7 Å². The van der Waals surface area contributed by atoms with Crippen LogP contribution >= 0.6 is 0 Å². The zero-order chi connectivity index (χ0) is 17.9. The number of aromatic nitrogens is 2. The van der Waals surface area contributed by atoms with Crippen molar-refractivity contribution in [2.24, 2.45) is 0 Å². The average molecular weight is 352 g/mol. The Hall–Kier alpha value is -2.63. The number of methoxy groups -OCH3 is 1. The zero-order valence-corrected chi connectivity index (χ0v) is 15.1. The third-order valence-electron chi connectivity index (χ3n) is 5.14. The number of anilines is 1. The molecule has 0 unspecified atom stereocenters. The summed E-state index contributed by atoms with van der Waals surface area (Å²) in [5, 5.41) is 8.74. The molecule has 1 saturated heterocycles. The SMILES string of the molecule is COc1ccc(CC(=O)N2CCN(c3ccc(C4CC4)nn3)CC2)cc1. The molecule has 1 amide bonds. The minimum atomic E-state index is 0.171. The summed E-state index contributed by atoms with van der Waals surface area (Å²) >= 11 is 0. The lowest BCUT2D eigenvalue weighted by atomic mass is 10.1. The summed E-state index contributed by atoms with van der Waals surface area (Å²) < 4.78 is 5.16. The topological polar surface area (TPSA) is 58.6 Å². The maximum atomic E-state index is 12.5. The second-order valence-corrected chi connectivity index (χ2v) is 6.98. The molecule has 2 aromatic rings. The van der Waals surface area contributed by atoms with Crippen LogP contribution in [0.2, 0.25) is 0 Å². The Morgan fingerprint density at radius 1 is 1.04 bits per heavy atom. The maximum absolute atomic E-state index is 12.5. The van der Waals surface area contributed by atoms with Gasteiger partial charge in [0.05, 0.1) is 19.2 Å². The van der Waals surface area contributed by atoms with Gasteiger partial charge in [0, 0.05) is 32.1 Å². The van der Waals surface area contributed by atoms with Crippen LogP contribution in [0.5, 0.6) is 5.75 Å². The molecule has 4 rings (SSSR count). The molecule has 2 aliphatic rings. The normalized spacial score (nSPS) is 17.3. The fraction of sp³-hybridized carbons (Fsp3) is 0.450. The van der Waals surface area contributed by atoms with Crippen molar-refractivity contribution in [2.75, 3.05) is 38.2 Å². The van der Waals surface area contributed by atoms with Crippen molar-refractivity contribution >= 4 is 11.7 Å². The number of hydrogen-bond donors (Lipinski definition) is 0. The highest BCUT2D eigenvalue weighted by Crippen LogP contribution is 2.38. The lowest BCUT2D eigenvalue weighted by Crippen LogP contribution is -2.49. The molecule has 0 N–H and O–H groups in total. The molecule has 2 fully saturated rings. The van der Waals surface area contributed by atoms with Crippen LogP contribution in [0.25, 0.3) is 0 Å². The minimum absolute atomic E-state index is 0.171. The molecule has 1 aliphatic carbocycles. The van der Waals surface area contributed by atoms with Gasteiger partial charge in [0.15, 0.2) is 5.82 Å². The first-order valence-electron chi connectivity index (χ1n) is 9.22. The quantitative estimate of drug-likeness (QED) is 0.826. The number of carbonyl (C=O) groups excluding carboxylic acids is 1. The first-order chi connectivity index (χ1) is 12.7. The Morgan fingerprint density at radius 2 is 1.77 bits per heavy atom. The van der Waals surface area contributed by atoms with Gasteiger partial charge in [-0.1, -0.05) is 12.1 Å². The van der Waals surface area contributed by atoms with Crippen molar-refractivity contribution in [1.29, 1.82) is 0 Å². The van der Waals surface area contributed by atoms with Crippen molar-refractivity contribution in [1.82, 2.24) is 15.1 Å². The molecule has 1 aromatic carbocycles. The Morgan fingerprint density at radius 3 is 2.35 bits per heavy atom. The third kappa shape index (κ3) is 3.79. The fourth-order valence-corrected chi connectivity index (χ4v) is 3.32. The Kier molecular flexibility index (Phi) is 4.73. The van der Waals surface area contributed by atoms with Gasteiger partial charge in [0.2, 0.25) is 5.91 Å². The van der Waals surface area contributed by atoms with E-state index in [1.165, 1.54) is 12.8 Å². The van der Waals surface area contributed by atoms with E-state index in [9.17, 15) is 4.79 Å². The van der Waals surface area contributed by atoms with Crippen LogP contribution in [0.1, 0.15) is 30.0 Å². The van der Waals surface area contributed by atoms with Crippen molar-refractivity contribution in [3.05, 3.63) is 47.7 Å². The van der Waals surface area contributed by atoms with Crippen molar-refractivity contribution in [3.63, 3.8) is 0 Å². The number of hydrogen-bond acceptors (Lipinski definition) is 5. The summed E-state index contributed by atoms with van der Waals surface area (Å²) in [4.78, 5) is 16.7. The lowest BCUT2D eigenvalue weighted by molar-refractivity contribution is -0.130. The number of amides is 1. The molecule has 1 aliphatic heterocycles. The molecular formula is C20H24N4O2. The molecule has 1 saturated carbocycles. The highest BCUT2D eigenvalue weighted by atomic mass is 16.5. The van der Waals surface area contributed by atoms with Gasteiger partial charge < -0.3 is 14.5 Å². The predicted molar refractivity (Wildman–Crippen MR) is 99.5 cm³/mol. The number of benzene rings is 1. The van der Waals surface area contributed by atoms with Crippen LogP contribution in [-0.4, -0.2) is 54.3 Å². The molecular weight excluding hydrogens is 328 g/mol. The van der Waals surface area contributed by atoms with E-state index in [0.29, 0.717) is 12.3 Å². The van der Waals surface area contributed by atoms with Crippen molar-refractivity contribution < 1.29 is 9.53 Å². The number of rotatable bonds is 5. The molecule has 136 valence electrons. The number of ether oxygens (including phenoxy) is 1. The van der Waals surface area contributed by atoms with Crippen LogP contribution in [0, 0.1) is 0 Å². The second kappa shape index (κ2) is 7.32. The van der Waals surface area contributed by atoms with Gasteiger partial charge in [0.1, 0.15) is 5.75 Å². The van der Waals surface area contributed by atoms with Crippen molar-refractivity contribution in [3.8, 4) is 5.75 Å². The van der Waals surface area contributed by atoms with Crippen LogP contribution in [0.4, 0.5) is 5.82 Å². The van der Waals surface area contributed by atoms with E-state index in [1.54, 1.807) is 7.11 Å². The van der Waals surface area contributed by atoms with Gasteiger partial charge >= 0.3 is 0 Å². The second-order valence-electron chi connectivity index (χ2n) is 6.98. The first-order valence-corrected chi connectivity index (χ1v) is 9.22. The summed E-state index contributed by atoms with van der Waals surface area (Å²) in [7, 11) is 1.64. The Labute approximate surface area is 153 Å². The smallest absolute Gasteiger partial charge is 0.227 e. The van der Waals surface area contributed by atoms with Crippen molar-refractivity contribution in [2.45, 2.75) is 25.2 Å². The Bertz CT molecular complexity index is 748. The molecule has 6 nitrogen and oxygen atoms in total. The maximum Gasteiger partial charge on any atom is 0.227 e. The largest absolute Gasteiger partial charge is 0.497 e. The molecule has 0 atom stereocenters. The molecule has 0 spiro atoms. The zero-order valence-electron chi connectivity index (χ0n) is 15.1. The summed E-state index contributed by atoms with van der Waals surface area (Å²) in [5.74, 6) is 2.52. The van der Waals surface area contributed by atoms with Gasteiger partial charge in [-0.3, -0.25) is 4.79 Å². The minimum Gasteiger partial charge on any atom is -0.497 e. The first kappa shape index (κ1) is 16.8. The van der Waals surface area contributed by atoms with Crippen LogP contribution in [-0.2, 0) is 11.2 Å². The van der Waals surface area contributed by atoms with E-state index >= 15 is 0 Å². The van der Waals surface area contributed by atoms with E-state index in [1.807, 2.05) is 29.2 Å². The standard InChI is InChI=1S/C20H24N4O2/c1-26-17-6-2-15(3-7-17)14-20(25)24-12-10-23(11-13-24)19-9-8-18(21-22-19)16-4-5-16/h2-3,6-9,16H,4-5,10-14H2,1H3. The molecule has 1 aromatic heterocycles. The van der Waals surface area contributed by atoms with Crippen LogP contribution in [0.3, 0.4) is 0 Å². The summed E-state index contributed by atoms with van der Waals surface area (Å²) in [6, 6.07) is 11.8. The van der Waals surface area contributed by atoms with Crippen LogP contribution in [0.15, 0.2) is 36.4 Å². The highest BCUT2D eigenvalue weighted by molar-refractivity contribution is 5.79. The molecule has 6 heteroatoms. The number of nitrogens with zero attached hydrogens (tertiary/aromatic N) is 4. The predicted octanol–water partition coefficient (Wildman–Crippen LogP) is 2.25. The monoisotopic (exact) mass is 352 g/mol. The van der Waals surface area contributed by atoms with Crippen LogP contribution < -0.4 is 9.64 Å². The van der Waals surface area contributed by atoms with E-state index in [0.717, 1.165) is 49.0 Å². The van der Waals surface area contributed by atoms with E-state index < -0.39 is 0 Å². The Balaban J connectivity index is 1.30. The third-order valence-corrected chi connectivity index (χ3v) is 5.14. The number of carbonyl (C=O) groups is 1. The summed E-state index contributed by atoms with van der Waals surface area (Å²) in [6.45, 7) is 3.04. The summed E-state index contributed by atoms with van der Waals surface area (Å²) in [6.07, 6.45) is 2.91. The van der Waals surface area contributed by atoms with E-state index in [4.69, 9.17) is 4.74 Å². The fourth-order valence-electron chi connectivity index (χ4n) is 3.32. The molecule has 2 heterocycles.